The van der Waals surface area contributed by atoms with E-state index >= 15 is 0 Å². The molecule has 1 aromatic carbocycles. The van der Waals surface area contributed by atoms with Crippen LogP contribution in [-0.4, -0.2) is 57.9 Å². The molecule has 1 fully saturated rings. The van der Waals surface area contributed by atoms with Crippen LogP contribution in [0, 0.1) is 11.6 Å². The standard InChI is InChI=1S/C29H32F2N4O7/c1-4-5-23(36)40-15-41-26-24-28(39)34-14-22(29(9-8-17(34)3)11-16(2)33-42-29)35(24)13-20(25(26)37)27(38)32-12-18-6-7-19(30)10-21(18)31/h6-7,10,13,17,22H,4-5,8-9,11-12,14-15H2,1-3H3,(H,32,38)/t17-,22+,29-/m0/s1. The predicted molar refractivity (Wildman–Crippen MR) is 145 cm³/mol. The minimum Gasteiger partial charge on any atom is -0.451 e. The number of esters is 1. The van der Waals surface area contributed by atoms with Crippen molar-refractivity contribution < 1.29 is 37.5 Å². The number of fused-ring (bicyclic) bond motifs is 5. The van der Waals surface area contributed by atoms with Crippen LogP contribution in [0.15, 0.2) is 34.3 Å². The van der Waals surface area contributed by atoms with Crippen molar-refractivity contribution in [1.29, 1.82) is 0 Å². The molecule has 2 aromatic rings. The predicted octanol–water partition coefficient (Wildman–Crippen LogP) is 3.45. The van der Waals surface area contributed by atoms with Gasteiger partial charge in [0.05, 0.1) is 11.8 Å². The number of benzene rings is 1. The van der Waals surface area contributed by atoms with Gasteiger partial charge in [0.15, 0.2) is 11.3 Å². The molecule has 11 nitrogen and oxygen atoms in total. The van der Waals surface area contributed by atoms with Crippen LogP contribution >= 0.6 is 0 Å². The van der Waals surface area contributed by atoms with E-state index in [1.54, 1.807) is 11.8 Å². The number of hydrogen-bond acceptors (Lipinski definition) is 8. The van der Waals surface area contributed by atoms with E-state index in [2.05, 4.69) is 10.5 Å². The van der Waals surface area contributed by atoms with Gasteiger partial charge in [-0.1, -0.05) is 18.1 Å². The fourth-order valence-corrected chi connectivity index (χ4v) is 5.77. The number of hydrogen-bond donors (Lipinski definition) is 1. The number of amides is 2. The largest absolute Gasteiger partial charge is 0.451 e. The fourth-order valence-electron chi connectivity index (χ4n) is 5.77. The highest BCUT2D eigenvalue weighted by molar-refractivity contribution is 5.99. The van der Waals surface area contributed by atoms with Gasteiger partial charge in [-0.3, -0.25) is 19.2 Å². The first kappa shape index (κ1) is 29.2. The van der Waals surface area contributed by atoms with Crippen LogP contribution in [0.3, 0.4) is 0 Å². The quantitative estimate of drug-likeness (QED) is 0.371. The Kier molecular flexibility index (Phi) is 8.02. The number of carbonyl (C=O) groups is 3. The average molecular weight is 587 g/mol. The second-order valence-corrected chi connectivity index (χ2v) is 10.9. The molecule has 1 N–H and O–H groups in total. The third-order valence-corrected chi connectivity index (χ3v) is 8.00. The van der Waals surface area contributed by atoms with E-state index in [0.717, 1.165) is 11.8 Å². The van der Waals surface area contributed by atoms with Crippen molar-refractivity contribution in [2.45, 2.75) is 77.1 Å². The third-order valence-electron chi connectivity index (χ3n) is 8.00. The molecule has 1 saturated heterocycles. The molecule has 2 bridgehead atoms. The first-order valence-corrected chi connectivity index (χ1v) is 13.9. The van der Waals surface area contributed by atoms with Crippen LogP contribution in [0.4, 0.5) is 8.78 Å². The minimum absolute atomic E-state index is 0.0108. The van der Waals surface area contributed by atoms with Gasteiger partial charge in [-0.2, -0.15) is 0 Å². The van der Waals surface area contributed by atoms with Gasteiger partial charge in [0, 0.05) is 49.8 Å². The zero-order valence-corrected chi connectivity index (χ0v) is 23.6. The highest BCUT2D eigenvalue weighted by Crippen LogP contribution is 2.46. The molecule has 3 atom stereocenters. The topological polar surface area (TPSA) is 129 Å². The molecule has 2 amide bonds. The number of pyridine rings is 1. The molecule has 5 rings (SSSR count). The first-order valence-electron chi connectivity index (χ1n) is 13.9. The number of nitrogens with one attached hydrogen (secondary N) is 1. The molecule has 0 aliphatic carbocycles. The molecule has 0 saturated carbocycles. The Labute approximate surface area is 240 Å². The molecule has 3 aliphatic rings. The molecule has 224 valence electrons. The Morgan fingerprint density at radius 1 is 1.26 bits per heavy atom. The van der Waals surface area contributed by atoms with Crippen molar-refractivity contribution in [3.8, 4) is 5.75 Å². The van der Waals surface area contributed by atoms with Gasteiger partial charge in [0.2, 0.25) is 18.0 Å². The molecular formula is C29H32F2N4O7. The Morgan fingerprint density at radius 3 is 2.74 bits per heavy atom. The molecule has 1 spiro atoms. The van der Waals surface area contributed by atoms with Gasteiger partial charge in [-0.25, -0.2) is 8.78 Å². The molecule has 13 heteroatoms. The van der Waals surface area contributed by atoms with Gasteiger partial charge >= 0.3 is 5.97 Å². The molecular weight excluding hydrogens is 554 g/mol. The number of carbonyl (C=O) groups excluding carboxylic acids is 3. The summed E-state index contributed by atoms with van der Waals surface area (Å²) < 4.78 is 39.8. The van der Waals surface area contributed by atoms with Crippen LogP contribution in [0.2, 0.25) is 0 Å². The number of aromatic nitrogens is 1. The van der Waals surface area contributed by atoms with Crippen LogP contribution < -0.4 is 15.5 Å². The van der Waals surface area contributed by atoms with Crippen molar-refractivity contribution in [1.82, 2.24) is 14.8 Å². The van der Waals surface area contributed by atoms with Crippen LogP contribution in [0.1, 0.15) is 85.3 Å². The SMILES string of the molecule is CCCC(=O)OCOc1c2n(cc(C(=O)NCc3ccc(F)cc3F)c1=O)[C@@H]1CN(C2=O)[C@@H](C)CC[C@]12CC(C)=NO2. The van der Waals surface area contributed by atoms with Crippen molar-refractivity contribution in [3.63, 3.8) is 0 Å². The van der Waals surface area contributed by atoms with E-state index in [-0.39, 0.29) is 42.4 Å². The highest BCUT2D eigenvalue weighted by Gasteiger charge is 2.54. The van der Waals surface area contributed by atoms with Crippen LogP contribution in [0.5, 0.6) is 5.75 Å². The second-order valence-electron chi connectivity index (χ2n) is 10.9. The zero-order chi connectivity index (χ0) is 30.2. The monoisotopic (exact) mass is 586 g/mol. The summed E-state index contributed by atoms with van der Waals surface area (Å²) in [6, 6.07) is 2.21. The molecule has 0 radical (unpaired) electrons. The smallest absolute Gasteiger partial charge is 0.308 e. The lowest BCUT2D eigenvalue weighted by molar-refractivity contribution is -0.150. The Bertz CT molecular complexity index is 1520. The number of rotatable bonds is 8. The van der Waals surface area contributed by atoms with E-state index in [0.29, 0.717) is 31.7 Å². The maximum absolute atomic E-state index is 14.2. The lowest BCUT2D eigenvalue weighted by atomic mass is 9.84. The Morgan fingerprint density at radius 2 is 2.05 bits per heavy atom. The van der Waals surface area contributed by atoms with Crippen molar-refractivity contribution in [3.05, 3.63) is 63.1 Å². The van der Waals surface area contributed by atoms with E-state index < -0.39 is 59.0 Å². The molecule has 42 heavy (non-hydrogen) atoms. The number of oxime groups is 1. The zero-order valence-electron chi connectivity index (χ0n) is 23.6. The molecule has 1 aromatic heterocycles. The summed E-state index contributed by atoms with van der Waals surface area (Å²) in [6.45, 7) is 4.81. The second kappa shape index (κ2) is 11.5. The maximum Gasteiger partial charge on any atom is 0.308 e. The van der Waals surface area contributed by atoms with Gasteiger partial charge in [0.25, 0.3) is 11.8 Å². The van der Waals surface area contributed by atoms with E-state index in [4.69, 9.17) is 14.3 Å². The number of nitrogens with zero attached hydrogens (tertiary/aromatic N) is 3. The summed E-state index contributed by atoms with van der Waals surface area (Å²) in [5.74, 6) is -3.96. The Balaban J connectivity index is 1.57. The fraction of sp³-hybridized carbons (Fsp3) is 0.483. The van der Waals surface area contributed by atoms with E-state index in [1.165, 1.54) is 16.8 Å². The normalized spacial score (nSPS) is 22.6. The first-order chi connectivity index (χ1) is 20.0. The molecule has 0 unspecified atom stereocenters. The summed E-state index contributed by atoms with van der Waals surface area (Å²) >= 11 is 0. The van der Waals surface area contributed by atoms with Gasteiger partial charge in [0.1, 0.15) is 17.2 Å². The van der Waals surface area contributed by atoms with Crippen molar-refractivity contribution >= 4 is 23.5 Å². The summed E-state index contributed by atoms with van der Waals surface area (Å²) in [5, 5.41) is 6.68. The third kappa shape index (κ3) is 5.35. The number of halogens is 2. The summed E-state index contributed by atoms with van der Waals surface area (Å²) in [4.78, 5) is 60.5. The summed E-state index contributed by atoms with van der Waals surface area (Å²) in [6.07, 6.45) is 3.62. The molecule has 3 aliphatic heterocycles. The van der Waals surface area contributed by atoms with E-state index in [1.807, 2.05) is 13.8 Å². The average Bonchev–Trinajstić information content (AvgIpc) is 3.28. The van der Waals surface area contributed by atoms with Crippen LogP contribution in [0.25, 0.3) is 0 Å². The van der Waals surface area contributed by atoms with Crippen LogP contribution in [-0.2, 0) is 20.9 Å². The highest BCUT2D eigenvalue weighted by atomic mass is 19.1. The summed E-state index contributed by atoms with van der Waals surface area (Å²) in [7, 11) is 0. The Hall–Kier alpha value is -4.29. The maximum atomic E-state index is 14.2. The van der Waals surface area contributed by atoms with Gasteiger partial charge in [-0.15, -0.1) is 0 Å². The minimum atomic E-state index is -0.903. The number of ether oxygens (including phenoxy) is 2. The summed E-state index contributed by atoms with van der Waals surface area (Å²) in [5.41, 5.74) is -1.43. The van der Waals surface area contributed by atoms with E-state index in [9.17, 15) is 28.0 Å². The lowest BCUT2D eigenvalue weighted by Crippen LogP contribution is -2.52. The molecule has 4 heterocycles. The van der Waals surface area contributed by atoms with Crippen molar-refractivity contribution in [2.75, 3.05) is 13.3 Å². The van der Waals surface area contributed by atoms with Gasteiger partial charge in [-0.05, 0) is 39.2 Å². The lowest BCUT2D eigenvalue weighted by Gasteiger charge is -2.42. The van der Waals surface area contributed by atoms with Crippen molar-refractivity contribution in [2.24, 2.45) is 5.16 Å². The van der Waals surface area contributed by atoms with Gasteiger partial charge < -0.3 is 29.1 Å².